The van der Waals surface area contributed by atoms with Crippen molar-refractivity contribution in [1.82, 2.24) is 19.5 Å². The second-order valence-corrected chi connectivity index (χ2v) is 7.06. The summed E-state index contributed by atoms with van der Waals surface area (Å²) in [6, 6.07) is 8.97. The number of aromatic nitrogens is 4. The molecule has 1 atom stereocenters. The number of fused-ring (bicyclic) bond motifs is 1. The van der Waals surface area contributed by atoms with Crippen LogP contribution in [-0.4, -0.2) is 51.6 Å². The zero-order valence-electron chi connectivity index (χ0n) is 15.0. The molecular formula is C18H19F2N5OS. The summed E-state index contributed by atoms with van der Waals surface area (Å²) < 4.78 is 34.3. The molecule has 3 aromatic rings. The van der Waals surface area contributed by atoms with Crippen molar-refractivity contribution in [2.75, 3.05) is 30.9 Å². The summed E-state index contributed by atoms with van der Waals surface area (Å²) in [5.74, 6) is 0.785. The summed E-state index contributed by atoms with van der Waals surface area (Å²) >= 11 is 1.38. The molecule has 9 heteroatoms. The fourth-order valence-electron chi connectivity index (χ4n) is 3.25. The highest BCUT2D eigenvalue weighted by Gasteiger charge is 2.25. The number of morpholine rings is 1. The van der Waals surface area contributed by atoms with Crippen LogP contribution >= 0.6 is 11.8 Å². The first-order valence-electron chi connectivity index (χ1n) is 8.62. The average Bonchev–Trinajstić information content (AvgIpc) is 3.08. The molecule has 1 aliphatic rings. The molecule has 0 aliphatic carbocycles. The molecule has 1 fully saturated rings. The van der Waals surface area contributed by atoms with E-state index in [0.29, 0.717) is 47.6 Å². The van der Waals surface area contributed by atoms with E-state index in [-0.39, 0.29) is 11.9 Å². The Morgan fingerprint density at radius 3 is 2.70 bits per heavy atom. The quantitative estimate of drug-likeness (QED) is 0.499. The first-order valence-corrected chi connectivity index (χ1v) is 9.84. The average molecular weight is 391 g/mol. The summed E-state index contributed by atoms with van der Waals surface area (Å²) in [5, 5.41) is 0.527. The summed E-state index contributed by atoms with van der Waals surface area (Å²) in [7, 11) is 0. The van der Waals surface area contributed by atoms with E-state index >= 15 is 0 Å². The van der Waals surface area contributed by atoms with Crippen LogP contribution in [0.3, 0.4) is 0 Å². The summed E-state index contributed by atoms with van der Waals surface area (Å²) in [6.07, 6.45) is -0.845. The number of halogens is 2. The normalized spacial score (nSPS) is 17.8. The highest BCUT2D eigenvalue weighted by Crippen LogP contribution is 2.30. The number of ether oxygens (including phenoxy) is 1. The number of nitrogens with zero attached hydrogens (tertiary/aromatic N) is 5. The molecule has 4 rings (SSSR count). The summed E-state index contributed by atoms with van der Waals surface area (Å²) in [4.78, 5) is 15.3. The number of hydrogen-bond donors (Lipinski definition) is 0. The van der Waals surface area contributed by atoms with Gasteiger partial charge in [0, 0.05) is 12.6 Å². The maximum absolute atomic E-state index is 13.7. The van der Waals surface area contributed by atoms with Gasteiger partial charge in [0.2, 0.25) is 0 Å². The Bertz CT molecular complexity index is 964. The molecule has 6 nitrogen and oxygen atoms in total. The van der Waals surface area contributed by atoms with Crippen LogP contribution in [-0.2, 0) is 4.74 Å². The molecule has 2 aromatic heterocycles. The second-order valence-electron chi connectivity index (χ2n) is 6.28. The van der Waals surface area contributed by atoms with Gasteiger partial charge >= 0.3 is 0 Å². The SMILES string of the molecule is CSc1nc(N2CCOCC2C)cc(-n2c(C(F)F)nc3ccccc32)n1. The number of rotatable bonds is 4. The van der Waals surface area contributed by atoms with Crippen LogP contribution in [0.25, 0.3) is 16.9 Å². The predicted molar refractivity (Wildman–Crippen MR) is 101 cm³/mol. The molecule has 142 valence electrons. The number of alkyl halides is 2. The molecule has 0 bridgehead atoms. The lowest BCUT2D eigenvalue weighted by Gasteiger charge is -2.34. The third kappa shape index (κ3) is 3.37. The van der Waals surface area contributed by atoms with E-state index in [1.807, 2.05) is 6.26 Å². The van der Waals surface area contributed by atoms with Crippen LogP contribution in [0, 0.1) is 0 Å². The molecular weight excluding hydrogens is 372 g/mol. The molecule has 0 amide bonds. The maximum atomic E-state index is 13.7. The molecule has 0 saturated carbocycles. The molecule has 1 aliphatic heterocycles. The maximum Gasteiger partial charge on any atom is 0.296 e. The lowest BCUT2D eigenvalue weighted by atomic mass is 10.2. The number of para-hydroxylation sites is 2. The Hall–Kier alpha value is -2.26. The topological polar surface area (TPSA) is 56.1 Å². The van der Waals surface area contributed by atoms with Gasteiger partial charge in [-0.05, 0) is 25.3 Å². The number of benzene rings is 1. The van der Waals surface area contributed by atoms with Crippen LogP contribution in [0.2, 0.25) is 0 Å². The van der Waals surface area contributed by atoms with Crippen LogP contribution < -0.4 is 4.90 Å². The van der Waals surface area contributed by atoms with Crippen LogP contribution in [0.1, 0.15) is 19.2 Å². The Morgan fingerprint density at radius 2 is 1.96 bits per heavy atom. The first-order chi connectivity index (χ1) is 13.1. The van der Waals surface area contributed by atoms with E-state index in [2.05, 4.69) is 26.8 Å². The smallest absolute Gasteiger partial charge is 0.296 e. The van der Waals surface area contributed by atoms with Gasteiger partial charge < -0.3 is 9.64 Å². The minimum Gasteiger partial charge on any atom is -0.377 e. The van der Waals surface area contributed by atoms with Gasteiger partial charge in [-0.3, -0.25) is 4.57 Å². The second kappa shape index (κ2) is 7.40. The van der Waals surface area contributed by atoms with Crippen molar-refractivity contribution in [2.24, 2.45) is 0 Å². The van der Waals surface area contributed by atoms with Crippen LogP contribution in [0.5, 0.6) is 0 Å². The van der Waals surface area contributed by atoms with E-state index in [4.69, 9.17) is 4.74 Å². The third-order valence-electron chi connectivity index (χ3n) is 4.53. The van der Waals surface area contributed by atoms with E-state index in [1.54, 1.807) is 30.3 Å². The van der Waals surface area contributed by atoms with Gasteiger partial charge in [-0.1, -0.05) is 23.9 Å². The molecule has 1 unspecified atom stereocenters. The van der Waals surface area contributed by atoms with Gasteiger partial charge in [0.15, 0.2) is 11.0 Å². The number of thioether (sulfide) groups is 1. The van der Waals surface area contributed by atoms with Crippen LogP contribution in [0.4, 0.5) is 14.6 Å². The van der Waals surface area contributed by atoms with Crippen molar-refractivity contribution >= 4 is 28.6 Å². The fourth-order valence-corrected chi connectivity index (χ4v) is 3.62. The molecule has 0 N–H and O–H groups in total. The Morgan fingerprint density at radius 1 is 1.19 bits per heavy atom. The predicted octanol–water partition coefficient (Wildman–Crippen LogP) is 3.70. The first kappa shape index (κ1) is 18.1. The van der Waals surface area contributed by atoms with Gasteiger partial charge in [-0.2, -0.15) is 0 Å². The highest BCUT2D eigenvalue weighted by molar-refractivity contribution is 7.98. The van der Waals surface area contributed by atoms with Crippen molar-refractivity contribution in [2.45, 2.75) is 24.5 Å². The highest BCUT2D eigenvalue weighted by atomic mass is 32.2. The minimum absolute atomic E-state index is 0.144. The molecule has 27 heavy (non-hydrogen) atoms. The third-order valence-corrected chi connectivity index (χ3v) is 5.08. The zero-order chi connectivity index (χ0) is 19.0. The van der Waals surface area contributed by atoms with Gasteiger partial charge in [0.25, 0.3) is 6.43 Å². The van der Waals surface area contributed by atoms with Gasteiger partial charge in [-0.25, -0.2) is 23.7 Å². The molecule has 0 radical (unpaired) electrons. The summed E-state index contributed by atoms with van der Waals surface area (Å²) in [5.41, 5.74) is 1.11. The van der Waals surface area contributed by atoms with Crippen molar-refractivity contribution in [3.05, 3.63) is 36.2 Å². The minimum atomic E-state index is -2.71. The molecule has 0 spiro atoms. The van der Waals surface area contributed by atoms with Crippen molar-refractivity contribution < 1.29 is 13.5 Å². The van der Waals surface area contributed by atoms with Crippen molar-refractivity contribution in [1.29, 1.82) is 0 Å². The fraction of sp³-hybridized carbons (Fsp3) is 0.389. The zero-order valence-corrected chi connectivity index (χ0v) is 15.8. The lowest BCUT2D eigenvalue weighted by Crippen LogP contribution is -2.44. The van der Waals surface area contributed by atoms with E-state index in [0.717, 1.165) is 0 Å². The largest absolute Gasteiger partial charge is 0.377 e. The number of imidazole rings is 1. The standard InChI is InChI=1S/C18H19F2N5OS/c1-11-10-26-8-7-24(11)14-9-15(23-18(22-14)27-2)25-13-6-4-3-5-12(13)21-17(25)16(19)20/h3-6,9,11,16H,7-8,10H2,1-2H3. The Balaban J connectivity index is 1.90. The molecule has 1 aromatic carbocycles. The molecule has 1 saturated heterocycles. The van der Waals surface area contributed by atoms with E-state index in [9.17, 15) is 8.78 Å². The number of hydrogen-bond acceptors (Lipinski definition) is 6. The monoisotopic (exact) mass is 391 g/mol. The van der Waals surface area contributed by atoms with E-state index in [1.165, 1.54) is 16.3 Å². The van der Waals surface area contributed by atoms with Crippen molar-refractivity contribution in [3.63, 3.8) is 0 Å². The summed E-state index contributed by atoms with van der Waals surface area (Å²) in [6.45, 7) is 3.95. The van der Waals surface area contributed by atoms with Gasteiger partial charge in [0.05, 0.1) is 30.3 Å². The molecule has 3 heterocycles. The lowest BCUT2D eigenvalue weighted by molar-refractivity contribution is 0.0984. The Labute approximate surface area is 159 Å². The van der Waals surface area contributed by atoms with Crippen LogP contribution in [0.15, 0.2) is 35.5 Å². The van der Waals surface area contributed by atoms with Gasteiger partial charge in [-0.15, -0.1) is 0 Å². The van der Waals surface area contributed by atoms with E-state index < -0.39 is 6.43 Å². The van der Waals surface area contributed by atoms with Gasteiger partial charge in [0.1, 0.15) is 11.6 Å². The number of anilines is 1. The van der Waals surface area contributed by atoms with Crippen molar-refractivity contribution in [3.8, 4) is 5.82 Å². The Kier molecular flexibility index (Phi) is 4.96.